The molecule has 0 radical (unpaired) electrons. The highest BCUT2D eigenvalue weighted by molar-refractivity contribution is 5.61. The van der Waals surface area contributed by atoms with E-state index < -0.39 is 0 Å². The van der Waals surface area contributed by atoms with Crippen molar-refractivity contribution in [2.24, 2.45) is 0 Å². The van der Waals surface area contributed by atoms with Gasteiger partial charge in [0.2, 0.25) is 5.95 Å². The highest BCUT2D eigenvalue weighted by Crippen LogP contribution is 2.23. The van der Waals surface area contributed by atoms with Crippen LogP contribution in [0.1, 0.15) is 25.0 Å². The van der Waals surface area contributed by atoms with E-state index in [1.54, 1.807) is 10.7 Å². The minimum absolute atomic E-state index is 0.477. The number of aryl methyl sites for hydroxylation is 1. The van der Waals surface area contributed by atoms with Crippen molar-refractivity contribution >= 4 is 11.7 Å². The van der Waals surface area contributed by atoms with Gasteiger partial charge in [-0.05, 0) is 32.3 Å². The molecule has 4 heterocycles. The summed E-state index contributed by atoms with van der Waals surface area (Å²) in [6.45, 7) is 3.95. The molecule has 0 spiro atoms. The Kier molecular flexibility index (Phi) is 4.16. The predicted octanol–water partition coefficient (Wildman–Crippen LogP) is 2.94. The lowest BCUT2D eigenvalue weighted by Crippen LogP contribution is -2.31. The standard InChI is InChI=1S/C20H20N8/c1-14-17(16-10-11-21-19(22-16)27-12-6-3-7-13-27)24-25-20-23-18(26-28(14)20)15-8-4-2-5-9-15/h2,4-5,8-11H,3,6-7,12-13H2,1H3. The molecule has 0 aliphatic carbocycles. The van der Waals surface area contributed by atoms with Crippen LogP contribution >= 0.6 is 0 Å². The van der Waals surface area contributed by atoms with E-state index in [0.717, 1.165) is 36.0 Å². The highest BCUT2D eigenvalue weighted by atomic mass is 15.4. The molecular formula is C20H20N8. The number of nitrogens with zero attached hydrogens (tertiary/aromatic N) is 8. The molecule has 1 saturated heterocycles. The van der Waals surface area contributed by atoms with Crippen LogP contribution in [0.15, 0.2) is 42.6 Å². The van der Waals surface area contributed by atoms with Gasteiger partial charge in [-0.25, -0.2) is 9.97 Å². The topological polar surface area (TPSA) is 85.0 Å². The van der Waals surface area contributed by atoms with E-state index in [1.165, 1.54) is 19.3 Å². The van der Waals surface area contributed by atoms with Gasteiger partial charge in [-0.2, -0.15) is 9.50 Å². The quantitative estimate of drug-likeness (QED) is 0.546. The van der Waals surface area contributed by atoms with Crippen LogP contribution in [-0.2, 0) is 0 Å². The molecule has 0 N–H and O–H groups in total. The van der Waals surface area contributed by atoms with Crippen LogP contribution in [0.4, 0.5) is 5.95 Å². The van der Waals surface area contributed by atoms with E-state index in [1.807, 2.05) is 43.3 Å². The molecule has 8 heteroatoms. The molecule has 0 amide bonds. The maximum Gasteiger partial charge on any atom is 0.272 e. The maximum atomic E-state index is 4.75. The lowest BCUT2D eigenvalue weighted by atomic mass is 10.1. The molecule has 1 aliphatic heterocycles. The zero-order valence-corrected chi connectivity index (χ0v) is 15.7. The fourth-order valence-corrected chi connectivity index (χ4v) is 3.53. The van der Waals surface area contributed by atoms with Gasteiger partial charge in [-0.15, -0.1) is 15.3 Å². The van der Waals surface area contributed by atoms with Crippen LogP contribution in [0.5, 0.6) is 0 Å². The number of benzene rings is 1. The number of rotatable bonds is 3. The van der Waals surface area contributed by atoms with Gasteiger partial charge in [0.1, 0.15) is 5.69 Å². The molecule has 0 saturated carbocycles. The Morgan fingerprint density at radius 3 is 2.54 bits per heavy atom. The van der Waals surface area contributed by atoms with Gasteiger partial charge in [0.05, 0.1) is 11.4 Å². The fourth-order valence-electron chi connectivity index (χ4n) is 3.53. The average molecular weight is 372 g/mol. The second kappa shape index (κ2) is 6.95. The first-order valence-corrected chi connectivity index (χ1v) is 9.53. The summed E-state index contributed by atoms with van der Waals surface area (Å²) < 4.78 is 1.73. The Bertz CT molecular complexity index is 1120. The molecule has 28 heavy (non-hydrogen) atoms. The van der Waals surface area contributed by atoms with E-state index in [-0.39, 0.29) is 0 Å². The lowest BCUT2D eigenvalue weighted by Gasteiger charge is -2.26. The largest absolute Gasteiger partial charge is 0.341 e. The number of anilines is 1. The molecule has 1 aromatic carbocycles. The first-order valence-electron chi connectivity index (χ1n) is 9.53. The summed E-state index contributed by atoms with van der Waals surface area (Å²) in [7, 11) is 0. The van der Waals surface area contributed by atoms with Crippen molar-refractivity contribution in [1.82, 2.24) is 34.8 Å². The second-order valence-electron chi connectivity index (χ2n) is 6.94. The Morgan fingerprint density at radius 2 is 1.71 bits per heavy atom. The summed E-state index contributed by atoms with van der Waals surface area (Å²) in [5.41, 5.74) is 3.24. The minimum atomic E-state index is 0.477. The number of hydrogen-bond acceptors (Lipinski definition) is 7. The Labute approximate surface area is 162 Å². The Hall–Kier alpha value is -3.42. The molecule has 8 nitrogen and oxygen atoms in total. The molecule has 0 unspecified atom stereocenters. The van der Waals surface area contributed by atoms with Crippen molar-refractivity contribution in [3.63, 3.8) is 0 Å². The summed E-state index contributed by atoms with van der Waals surface area (Å²) >= 11 is 0. The molecule has 5 rings (SSSR count). The van der Waals surface area contributed by atoms with Crippen molar-refractivity contribution in [3.8, 4) is 22.8 Å². The normalized spacial score (nSPS) is 14.5. The molecule has 140 valence electrons. The van der Waals surface area contributed by atoms with E-state index in [2.05, 4.69) is 30.2 Å². The van der Waals surface area contributed by atoms with Crippen LogP contribution in [0, 0.1) is 6.92 Å². The lowest BCUT2D eigenvalue weighted by molar-refractivity contribution is 0.568. The summed E-state index contributed by atoms with van der Waals surface area (Å²) in [6, 6.07) is 11.7. The smallest absolute Gasteiger partial charge is 0.272 e. The molecule has 0 atom stereocenters. The van der Waals surface area contributed by atoms with Gasteiger partial charge in [-0.1, -0.05) is 30.3 Å². The van der Waals surface area contributed by atoms with Crippen LogP contribution in [-0.4, -0.2) is 47.9 Å². The van der Waals surface area contributed by atoms with Gasteiger partial charge >= 0.3 is 0 Å². The first-order chi connectivity index (χ1) is 13.8. The zero-order valence-electron chi connectivity index (χ0n) is 15.7. The van der Waals surface area contributed by atoms with Crippen molar-refractivity contribution in [3.05, 3.63) is 48.3 Å². The number of hydrogen-bond donors (Lipinski definition) is 0. The molecule has 1 aliphatic rings. The van der Waals surface area contributed by atoms with E-state index >= 15 is 0 Å². The Balaban J connectivity index is 1.55. The summed E-state index contributed by atoms with van der Waals surface area (Å²) in [5.74, 6) is 1.86. The third-order valence-corrected chi connectivity index (χ3v) is 5.05. The van der Waals surface area contributed by atoms with Gasteiger partial charge in [-0.3, -0.25) is 0 Å². The maximum absolute atomic E-state index is 4.75. The molecular weight excluding hydrogens is 352 g/mol. The molecule has 1 fully saturated rings. The minimum Gasteiger partial charge on any atom is -0.341 e. The van der Waals surface area contributed by atoms with Crippen molar-refractivity contribution in [2.45, 2.75) is 26.2 Å². The average Bonchev–Trinajstić information content (AvgIpc) is 3.21. The summed E-state index contributed by atoms with van der Waals surface area (Å²) in [4.78, 5) is 15.9. The number of piperidine rings is 1. The van der Waals surface area contributed by atoms with Crippen molar-refractivity contribution in [1.29, 1.82) is 0 Å². The number of fused-ring (bicyclic) bond motifs is 1. The highest BCUT2D eigenvalue weighted by Gasteiger charge is 2.18. The molecule has 4 aromatic rings. The van der Waals surface area contributed by atoms with E-state index in [9.17, 15) is 0 Å². The molecule has 3 aromatic heterocycles. The Morgan fingerprint density at radius 1 is 0.893 bits per heavy atom. The van der Waals surface area contributed by atoms with Crippen LogP contribution in [0.2, 0.25) is 0 Å². The third-order valence-electron chi connectivity index (χ3n) is 5.05. The predicted molar refractivity (Wildman–Crippen MR) is 106 cm³/mol. The number of aromatic nitrogens is 7. The van der Waals surface area contributed by atoms with Crippen molar-refractivity contribution in [2.75, 3.05) is 18.0 Å². The fraction of sp³-hybridized carbons (Fsp3) is 0.300. The van der Waals surface area contributed by atoms with Gasteiger partial charge in [0.15, 0.2) is 5.82 Å². The SMILES string of the molecule is Cc1c(-c2ccnc(N3CCCCC3)n2)nnc2nc(-c3ccccc3)nn12. The molecule has 0 bridgehead atoms. The summed E-state index contributed by atoms with van der Waals surface area (Å²) in [5, 5.41) is 13.3. The third kappa shape index (κ3) is 2.96. The van der Waals surface area contributed by atoms with E-state index in [0.29, 0.717) is 17.3 Å². The van der Waals surface area contributed by atoms with Crippen molar-refractivity contribution < 1.29 is 0 Å². The van der Waals surface area contributed by atoms with Crippen LogP contribution in [0.25, 0.3) is 28.6 Å². The zero-order chi connectivity index (χ0) is 18.9. The van der Waals surface area contributed by atoms with E-state index in [4.69, 9.17) is 4.98 Å². The van der Waals surface area contributed by atoms with Crippen LogP contribution in [0.3, 0.4) is 0 Å². The van der Waals surface area contributed by atoms with Gasteiger partial charge in [0, 0.05) is 24.8 Å². The second-order valence-corrected chi connectivity index (χ2v) is 6.94. The van der Waals surface area contributed by atoms with Gasteiger partial charge in [0.25, 0.3) is 5.78 Å². The first kappa shape index (κ1) is 16.7. The summed E-state index contributed by atoms with van der Waals surface area (Å²) in [6.07, 6.45) is 5.42. The van der Waals surface area contributed by atoms with Crippen LogP contribution < -0.4 is 4.90 Å². The van der Waals surface area contributed by atoms with Gasteiger partial charge < -0.3 is 4.90 Å². The monoisotopic (exact) mass is 372 g/mol.